The molecule has 0 aromatic rings. The lowest BCUT2D eigenvalue weighted by Gasteiger charge is -2.26. The summed E-state index contributed by atoms with van der Waals surface area (Å²) in [4.78, 5) is 0. The summed E-state index contributed by atoms with van der Waals surface area (Å²) in [5.41, 5.74) is 3.53. The third kappa shape index (κ3) is 8.39. The molecule has 0 saturated heterocycles. The molecule has 0 heterocycles. The molecule has 1 aliphatic carbocycles. The van der Waals surface area contributed by atoms with Gasteiger partial charge in [-0.1, -0.05) is 48.6 Å². The van der Waals surface area contributed by atoms with Crippen LogP contribution < -0.4 is 0 Å². The van der Waals surface area contributed by atoms with E-state index >= 15 is 0 Å². The molecule has 0 bridgehead atoms. The third-order valence-corrected chi connectivity index (χ3v) is 4.25. The molecule has 0 saturated carbocycles. The lowest BCUT2D eigenvalue weighted by Crippen LogP contribution is -2.27. The van der Waals surface area contributed by atoms with Crippen molar-refractivity contribution >= 4 is 17.3 Å². The Balaban J connectivity index is 2.85. The summed E-state index contributed by atoms with van der Waals surface area (Å²) in [6, 6.07) is 3.96. The van der Waals surface area contributed by atoms with Crippen molar-refractivity contribution in [1.29, 1.82) is 10.5 Å². The number of hydrogen-bond acceptors (Lipinski definition) is 5. The summed E-state index contributed by atoms with van der Waals surface area (Å²) in [7, 11) is 0. The lowest BCUT2D eigenvalue weighted by molar-refractivity contribution is 0.255. The molecule has 0 aromatic heterocycles. The first-order chi connectivity index (χ1) is 14.3. The van der Waals surface area contributed by atoms with Gasteiger partial charge in [0.15, 0.2) is 0 Å². The second kappa shape index (κ2) is 13.0. The minimum atomic E-state index is -0.261. The molecule has 30 heavy (non-hydrogen) atoms. The van der Waals surface area contributed by atoms with Crippen LogP contribution in [0.1, 0.15) is 34.1 Å². The predicted octanol–water partition coefficient (Wildman–Crippen LogP) is 6.05. The van der Waals surface area contributed by atoms with Crippen molar-refractivity contribution in [2.75, 3.05) is 6.61 Å². The highest BCUT2D eigenvalue weighted by molar-refractivity contribution is 6.32. The lowest BCUT2D eigenvalue weighted by atomic mass is 10.1. The molecule has 0 aromatic carbocycles. The molecule has 5 nitrogen and oxygen atoms in total. The molecule has 0 fully saturated rings. The van der Waals surface area contributed by atoms with Gasteiger partial charge in [0, 0.05) is 17.7 Å². The number of rotatable bonds is 9. The Bertz CT molecular complexity index is 929. The van der Waals surface area contributed by atoms with Crippen LogP contribution in [0.5, 0.6) is 0 Å². The Kier molecular flexibility index (Phi) is 10.8. The quantitative estimate of drug-likeness (QED) is 0.149. The van der Waals surface area contributed by atoms with Crippen LogP contribution in [0.3, 0.4) is 0 Å². The third-order valence-electron chi connectivity index (χ3n) is 3.92. The van der Waals surface area contributed by atoms with Gasteiger partial charge in [0.1, 0.15) is 18.9 Å². The van der Waals surface area contributed by atoms with E-state index in [1.54, 1.807) is 35.6 Å². The average molecular weight is 423 g/mol. The number of ether oxygens (including phenoxy) is 1. The standard InChI is InChI=1S/C24H27ClN4O/c1-6-21(14-26)10-7-9-19(4)16-30-17-20(5)29(28-18(2)3)23-12-8-11-22(15-27)24(25)13-23/h6-9,11-13,17,23H,4,10,16H2,1-3,5H3/b9-7-,20-17+,21-6+. The summed E-state index contributed by atoms with van der Waals surface area (Å²) in [6.07, 6.45) is 14.9. The molecular weight excluding hydrogens is 396 g/mol. The number of hydrogen-bond donors (Lipinski definition) is 0. The van der Waals surface area contributed by atoms with Crippen molar-refractivity contribution in [3.63, 3.8) is 0 Å². The smallest absolute Gasteiger partial charge is 0.112 e. The molecular formula is C24H27ClN4O. The van der Waals surface area contributed by atoms with Crippen molar-refractivity contribution < 1.29 is 4.74 Å². The van der Waals surface area contributed by atoms with Crippen molar-refractivity contribution in [3.8, 4) is 12.1 Å². The van der Waals surface area contributed by atoms with Crippen LogP contribution in [-0.2, 0) is 4.74 Å². The maximum atomic E-state index is 9.17. The Morgan fingerprint density at radius 2 is 2.10 bits per heavy atom. The fraction of sp³-hybridized carbons (Fsp3) is 0.292. The van der Waals surface area contributed by atoms with Gasteiger partial charge in [-0.15, -0.1) is 0 Å². The first-order valence-corrected chi connectivity index (χ1v) is 9.85. The average Bonchev–Trinajstić information content (AvgIpc) is 2.90. The van der Waals surface area contributed by atoms with Crippen LogP contribution in [0.2, 0.25) is 0 Å². The van der Waals surface area contributed by atoms with Crippen LogP contribution in [0.4, 0.5) is 0 Å². The topological polar surface area (TPSA) is 72.4 Å². The molecule has 6 heteroatoms. The van der Waals surface area contributed by atoms with Gasteiger partial charge < -0.3 is 4.74 Å². The Morgan fingerprint density at radius 3 is 2.70 bits per heavy atom. The van der Waals surface area contributed by atoms with E-state index in [1.165, 1.54) is 0 Å². The number of allylic oxidation sites excluding steroid dienone is 8. The van der Waals surface area contributed by atoms with Gasteiger partial charge in [0.25, 0.3) is 0 Å². The van der Waals surface area contributed by atoms with Crippen molar-refractivity contribution in [1.82, 2.24) is 5.01 Å². The molecule has 0 radical (unpaired) electrons. The fourth-order valence-electron chi connectivity index (χ4n) is 2.43. The molecule has 1 atom stereocenters. The Morgan fingerprint density at radius 1 is 1.37 bits per heavy atom. The Labute approximate surface area is 184 Å². The van der Waals surface area contributed by atoms with Crippen LogP contribution in [0.15, 0.2) is 87.9 Å². The highest BCUT2D eigenvalue weighted by Gasteiger charge is 2.17. The van der Waals surface area contributed by atoms with Crippen molar-refractivity contribution in [2.24, 2.45) is 5.10 Å². The summed E-state index contributed by atoms with van der Waals surface area (Å²) in [5.74, 6) is 0. The van der Waals surface area contributed by atoms with Crippen molar-refractivity contribution in [3.05, 3.63) is 82.8 Å². The van der Waals surface area contributed by atoms with Gasteiger partial charge in [-0.2, -0.15) is 15.6 Å². The van der Waals surface area contributed by atoms with E-state index in [9.17, 15) is 5.26 Å². The molecule has 0 amide bonds. The first-order valence-electron chi connectivity index (χ1n) is 9.47. The van der Waals surface area contributed by atoms with E-state index in [-0.39, 0.29) is 6.04 Å². The second-order valence-electron chi connectivity index (χ2n) is 6.73. The van der Waals surface area contributed by atoms with E-state index in [2.05, 4.69) is 23.8 Å². The maximum absolute atomic E-state index is 9.17. The van der Waals surface area contributed by atoms with Gasteiger partial charge in [-0.25, -0.2) is 0 Å². The van der Waals surface area contributed by atoms with Gasteiger partial charge in [0.2, 0.25) is 0 Å². The molecule has 1 unspecified atom stereocenters. The number of halogens is 1. The monoisotopic (exact) mass is 422 g/mol. The molecule has 0 spiro atoms. The van der Waals surface area contributed by atoms with Crippen LogP contribution in [0.25, 0.3) is 0 Å². The highest BCUT2D eigenvalue weighted by Crippen LogP contribution is 2.23. The first kappa shape index (κ1) is 24.8. The van der Waals surface area contributed by atoms with Gasteiger partial charge in [0.05, 0.1) is 28.4 Å². The largest absolute Gasteiger partial charge is 0.495 e. The van der Waals surface area contributed by atoms with Crippen LogP contribution >= 0.6 is 11.6 Å². The number of nitriles is 2. The Hall–Kier alpha value is -3.28. The minimum Gasteiger partial charge on any atom is -0.495 e. The van der Waals surface area contributed by atoms with E-state index < -0.39 is 0 Å². The van der Waals surface area contributed by atoms with E-state index in [4.69, 9.17) is 21.6 Å². The second-order valence-corrected chi connectivity index (χ2v) is 7.14. The SMILES string of the molecule is C=C(/C=C\C/C(C#N)=C\C)CO/C=C(\C)N(N=C(C)C)C1C=CC=C(C#N)C(Cl)=C1. The normalized spacial score (nSPS) is 16.7. The molecule has 1 aliphatic rings. The predicted molar refractivity (Wildman–Crippen MR) is 123 cm³/mol. The zero-order valence-electron chi connectivity index (χ0n) is 17.9. The minimum absolute atomic E-state index is 0.261. The molecule has 0 N–H and O–H groups in total. The van der Waals surface area contributed by atoms with E-state index in [0.717, 1.165) is 17.0 Å². The fourth-order valence-corrected chi connectivity index (χ4v) is 2.67. The van der Waals surface area contributed by atoms with Gasteiger partial charge in [-0.3, -0.25) is 5.01 Å². The number of hydrazone groups is 1. The zero-order chi connectivity index (χ0) is 22.5. The number of nitrogens with zero attached hydrogens (tertiary/aromatic N) is 4. The van der Waals surface area contributed by atoms with Gasteiger partial charge >= 0.3 is 0 Å². The molecule has 156 valence electrons. The van der Waals surface area contributed by atoms with Crippen molar-refractivity contribution in [2.45, 2.75) is 40.2 Å². The van der Waals surface area contributed by atoms with Crippen LogP contribution in [-0.4, -0.2) is 23.4 Å². The van der Waals surface area contributed by atoms with Gasteiger partial charge in [-0.05, 0) is 45.4 Å². The summed E-state index contributed by atoms with van der Waals surface area (Å²) >= 11 is 6.27. The van der Waals surface area contributed by atoms with E-state index in [1.807, 2.05) is 45.9 Å². The molecule has 0 aliphatic heterocycles. The summed E-state index contributed by atoms with van der Waals surface area (Å²) < 4.78 is 5.67. The highest BCUT2D eigenvalue weighted by atomic mass is 35.5. The maximum Gasteiger partial charge on any atom is 0.112 e. The zero-order valence-corrected chi connectivity index (χ0v) is 18.6. The summed E-state index contributed by atoms with van der Waals surface area (Å²) in [5, 5.41) is 24.8. The summed E-state index contributed by atoms with van der Waals surface area (Å²) in [6.45, 7) is 11.8. The van der Waals surface area contributed by atoms with Crippen LogP contribution in [0, 0.1) is 22.7 Å². The molecule has 1 rings (SSSR count). The van der Waals surface area contributed by atoms with E-state index in [0.29, 0.717) is 29.2 Å².